The number of hydrogen-bond acceptors (Lipinski definition) is 4. The van der Waals surface area contributed by atoms with Crippen molar-refractivity contribution in [3.8, 4) is 17.6 Å². The molecular formula is C16H20FNO4. The van der Waals surface area contributed by atoms with E-state index in [-0.39, 0.29) is 18.9 Å². The van der Waals surface area contributed by atoms with Gasteiger partial charge in [-0.15, -0.1) is 0 Å². The third-order valence-corrected chi connectivity index (χ3v) is 2.23. The molecule has 1 amide bonds. The standard InChI is InChI=1S/C16H20FNO4/c1-16(2,3)22-15(19)18-9-5-6-12-7-8-13(10-14(12)17)21-11-20-4/h7-8,10H,9,11H2,1-4H3,(H,18,19). The van der Waals surface area contributed by atoms with E-state index in [0.29, 0.717) is 5.75 Å². The molecule has 0 aliphatic rings. The number of alkyl carbamates (subject to hydrolysis) is 1. The monoisotopic (exact) mass is 309 g/mol. The summed E-state index contributed by atoms with van der Waals surface area (Å²) in [6, 6.07) is 4.32. The molecule has 0 fully saturated rings. The van der Waals surface area contributed by atoms with Gasteiger partial charge in [0.05, 0.1) is 12.1 Å². The molecule has 0 bridgehead atoms. The molecule has 0 aliphatic carbocycles. The normalized spacial score (nSPS) is 10.4. The van der Waals surface area contributed by atoms with Gasteiger partial charge in [-0.3, -0.25) is 0 Å². The molecule has 0 unspecified atom stereocenters. The van der Waals surface area contributed by atoms with Crippen LogP contribution in [0.15, 0.2) is 18.2 Å². The number of benzene rings is 1. The van der Waals surface area contributed by atoms with Gasteiger partial charge in [-0.2, -0.15) is 0 Å². The van der Waals surface area contributed by atoms with Crippen LogP contribution in [0.1, 0.15) is 26.3 Å². The second-order valence-electron chi connectivity index (χ2n) is 5.35. The summed E-state index contributed by atoms with van der Waals surface area (Å²) < 4.78 is 28.6. The third kappa shape index (κ3) is 6.95. The summed E-state index contributed by atoms with van der Waals surface area (Å²) >= 11 is 0. The summed E-state index contributed by atoms with van der Waals surface area (Å²) in [6.07, 6.45) is -0.564. The van der Waals surface area contributed by atoms with Crippen molar-refractivity contribution in [2.45, 2.75) is 26.4 Å². The Kier molecular flexibility index (Phi) is 6.67. The first kappa shape index (κ1) is 17.8. The smallest absolute Gasteiger partial charge is 0.408 e. The van der Waals surface area contributed by atoms with Gasteiger partial charge in [0.1, 0.15) is 17.2 Å². The number of methoxy groups -OCH3 is 1. The zero-order valence-corrected chi connectivity index (χ0v) is 13.2. The van der Waals surface area contributed by atoms with Gasteiger partial charge in [0.25, 0.3) is 0 Å². The van der Waals surface area contributed by atoms with Gasteiger partial charge in [-0.1, -0.05) is 11.8 Å². The molecule has 22 heavy (non-hydrogen) atoms. The molecule has 0 saturated carbocycles. The summed E-state index contributed by atoms with van der Waals surface area (Å²) in [5, 5.41) is 2.47. The zero-order valence-electron chi connectivity index (χ0n) is 13.2. The van der Waals surface area contributed by atoms with Gasteiger partial charge < -0.3 is 19.5 Å². The molecule has 6 heteroatoms. The average molecular weight is 309 g/mol. The molecule has 1 N–H and O–H groups in total. The Bertz CT molecular complexity index is 570. The van der Waals surface area contributed by atoms with Crippen LogP contribution in [-0.2, 0) is 9.47 Å². The minimum atomic E-state index is -0.568. The maximum Gasteiger partial charge on any atom is 0.408 e. The van der Waals surface area contributed by atoms with Crippen LogP contribution in [0.2, 0.25) is 0 Å². The first-order chi connectivity index (χ1) is 10.3. The van der Waals surface area contributed by atoms with Gasteiger partial charge in [0, 0.05) is 13.2 Å². The van der Waals surface area contributed by atoms with E-state index < -0.39 is 17.5 Å². The van der Waals surface area contributed by atoms with Crippen LogP contribution >= 0.6 is 0 Å². The van der Waals surface area contributed by atoms with Crippen molar-refractivity contribution in [3.63, 3.8) is 0 Å². The Balaban J connectivity index is 2.53. The zero-order chi connectivity index (χ0) is 16.6. The number of rotatable bonds is 4. The van der Waals surface area contributed by atoms with Crippen LogP contribution in [0.3, 0.4) is 0 Å². The highest BCUT2D eigenvalue weighted by Crippen LogP contribution is 2.15. The lowest BCUT2D eigenvalue weighted by Gasteiger charge is -2.18. The second-order valence-corrected chi connectivity index (χ2v) is 5.35. The Labute approximate surface area is 129 Å². The number of halogens is 1. The van der Waals surface area contributed by atoms with E-state index in [1.165, 1.54) is 19.2 Å². The molecule has 0 aliphatic heterocycles. The molecule has 0 atom stereocenters. The minimum Gasteiger partial charge on any atom is -0.467 e. The molecule has 0 saturated heterocycles. The molecule has 120 valence electrons. The summed E-state index contributed by atoms with van der Waals surface area (Å²) in [4.78, 5) is 11.4. The van der Waals surface area contributed by atoms with E-state index >= 15 is 0 Å². The predicted molar refractivity (Wildman–Crippen MR) is 80.0 cm³/mol. The Morgan fingerprint density at radius 1 is 1.36 bits per heavy atom. The van der Waals surface area contributed by atoms with Gasteiger partial charge in [0.2, 0.25) is 0 Å². The van der Waals surface area contributed by atoms with Crippen LogP contribution in [0, 0.1) is 17.7 Å². The molecular weight excluding hydrogens is 289 g/mol. The maximum absolute atomic E-state index is 13.8. The fourth-order valence-corrected chi connectivity index (χ4v) is 1.38. The van der Waals surface area contributed by atoms with Crippen molar-refractivity contribution in [1.29, 1.82) is 0 Å². The summed E-state index contributed by atoms with van der Waals surface area (Å²) in [5.74, 6) is 5.14. The lowest BCUT2D eigenvalue weighted by molar-refractivity contribution is 0.0508. The van der Waals surface area contributed by atoms with Gasteiger partial charge in [-0.25, -0.2) is 9.18 Å². The molecule has 0 aromatic heterocycles. The Morgan fingerprint density at radius 3 is 2.68 bits per heavy atom. The fraction of sp³-hybridized carbons (Fsp3) is 0.438. The highest BCUT2D eigenvalue weighted by atomic mass is 19.1. The van der Waals surface area contributed by atoms with Crippen molar-refractivity contribution in [2.24, 2.45) is 0 Å². The third-order valence-electron chi connectivity index (χ3n) is 2.23. The van der Waals surface area contributed by atoms with Gasteiger partial charge >= 0.3 is 6.09 Å². The number of ether oxygens (including phenoxy) is 3. The van der Waals surface area contributed by atoms with Crippen molar-refractivity contribution in [1.82, 2.24) is 5.32 Å². The van der Waals surface area contributed by atoms with Crippen LogP contribution in [0.4, 0.5) is 9.18 Å². The van der Waals surface area contributed by atoms with Crippen molar-refractivity contribution in [3.05, 3.63) is 29.6 Å². The van der Waals surface area contributed by atoms with Crippen molar-refractivity contribution < 1.29 is 23.4 Å². The predicted octanol–water partition coefficient (Wildman–Crippen LogP) is 2.68. The Hall–Kier alpha value is -2.26. The summed E-state index contributed by atoms with van der Waals surface area (Å²) in [6.45, 7) is 5.41. The van der Waals surface area contributed by atoms with Crippen LogP contribution in [0.5, 0.6) is 5.75 Å². The van der Waals surface area contributed by atoms with E-state index in [0.717, 1.165) is 0 Å². The first-order valence-corrected chi connectivity index (χ1v) is 6.69. The topological polar surface area (TPSA) is 56.8 Å². The van der Waals surface area contributed by atoms with Crippen molar-refractivity contribution in [2.75, 3.05) is 20.4 Å². The molecule has 1 aromatic rings. The minimum absolute atomic E-state index is 0.0459. The highest BCUT2D eigenvalue weighted by molar-refractivity contribution is 5.68. The average Bonchev–Trinajstić information content (AvgIpc) is 2.41. The van der Waals surface area contributed by atoms with E-state index in [4.69, 9.17) is 14.2 Å². The van der Waals surface area contributed by atoms with Gasteiger partial charge in [-0.05, 0) is 32.9 Å². The molecule has 0 spiro atoms. The lowest BCUT2D eigenvalue weighted by atomic mass is 10.2. The van der Waals surface area contributed by atoms with E-state index in [2.05, 4.69) is 17.2 Å². The number of carbonyl (C=O) groups excluding carboxylic acids is 1. The maximum atomic E-state index is 13.8. The molecule has 0 heterocycles. The molecule has 1 rings (SSSR count). The number of nitrogens with one attached hydrogen (secondary N) is 1. The summed E-state index contributed by atoms with van der Waals surface area (Å²) in [7, 11) is 1.48. The quantitative estimate of drug-likeness (QED) is 0.686. The second kappa shape index (κ2) is 8.25. The first-order valence-electron chi connectivity index (χ1n) is 6.69. The van der Waals surface area contributed by atoms with E-state index in [1.807, 2.05) is 0 Å². The van der Waals surface area contributed by atoms with Crippen LogP contribution in [0.25, 0.3) is 0 Å². The highest BCUT2D eigenvalue weighted by Gasteiger charge is 2.15. The molecule has 5 nitrogen and oxygen atoms in total. The molecule has 0 radical (unpaired) electrons. The van der Waals surface area contributed by atoms with Crippen LogP contribution in [-0.4, -0.2) is 32.1 Å². The SMILES string of the molecule is COCOc1ccc(C#CCNC(=O)OC(C)(C)C)c(F)c1. The van der Waals surface area contributed by atoms with E-state index in [9.17, 15) is 9.18 Å². The Morgan fingerprint density at radius 2 is 2.09 bits per heavy atom. The van der Waals surface area contributed by atoms with Gasteiger partial charge in [0.15, 0.2) is 6.79 Å². The van der Waals surface area contributed by atoms with Crippen molar-refractivity contribution >= 4 is 6.09 Å². The number of hydrogen-bond donors (Lipinski definition) is 1. The number of carbonyl (C=O) groups is 1. The summed E-state index contributed by atoms with van der Waals surface area (Å²) in [5.41, 5.74) is -0.350. The van der Waals surface area contributed by atoms with Crippen LogP contribution < -0.4 is 10.1 Å². The molecule has 1 aromatic carbocycles. The van der Waals surface area contributed by atoms with E-state index in [1.54, 1.807) is 26.8 Å². The lowest BCUT2D eigenvalue weighted by Crippen LogP contribution is -2.32. The fourth-order valence-electron chi connectivity index (χ4n) is 1.38. The number of amides is 1. The largest absolute Gasteiger partial charge is 0.467 e.